The molecule has 0 amide bonds. The van der Waals surface area contributed by atoms with Crippen LogP contribution in [0.2, 0.25) is 0 Å². The van der Waals surface area contributed by atoms with Crippen molar-refractivity contribution >= 4 is 167 Å². The fourth-order valence-electron chi connectivity index (χ4n) is 22.4. The van der Waals surface area contributed by atoms with Gasteiger partial charge in [0.2, 0.25) is 0 Å². The van der Waals surface area contributed by atoms with Crippen LogP contribution in [0.4, 0.5) is 0 Å². The Kier molecular flexibility index (Phi) is 30.6. The number of carbonyl (C=O) groups excluding carboxylic acids is 10. The van der Waals surface area contributed by atoms with Gasteiger partial charge in [-0.25, -0.2) is 0 Å². The van der Waals surface area contributed by atoms with Crippen molar-refractivity contribution in [1.82, 2.24) is 29.4 Å². The Hall–Kier alpha value is -13.7. The highest BCUT2D eigenvalue weighted by atomic mass is 16.5. The molecule has 9 fully saturated rings. The fraction of sp³-hybridized carbons (Fsp3) is 0.398. The number of furan rings is 5. The maximum absolute atomic E-state index is 12.5. The Morgan fingerprint density at radius 3 is 0.848 bits per heavy atom. The minimum absolute atomic E-state index is 0.000173. The molecule has 5 aromatic heterocycles. The van der Waals surface area contributed by atoms with Gasteiger partial charge in [-0.1, -0.05) is 36.4 Å². The fourth-order valence-corrected chi connectivity index (χ4v) is 22.4. The summed E-state index contributed by atoms with van der Waals surface area (Å²) in [6.45, 7) is 21.3. The summed E-state index contributed by atoms with van der Waals surface area (Å²) in [6, 6.07) is 51.7. The van der Waals surface area contributed by atoms with Crippen molar-refractivity contribution in [2.24, 2.45) is 0 Å². The predicted octanol–water partition coefficient (Wildman–Crippen LogP) is 19.7. The third-order valence-electron chi connectivity index (χ3n) is 30.6. The van der Waals surface area contributed by atoms with Gasteiger partial charge in [0.25, 0.3) is 0 Å². The second-order valence-electron chi connectivity index (χ2n) is 40.1. The van der Waals surface area contributed by atoms with Crippen LogP contribution in [-0.4, -0.2) is 246 Å². The number of fused-ring (bicyclic) bond motifs is 15. The SMILES string of the molecule is CN1CCN(CCCOc2ccc3c(ccc4occ(C5CCC(=O)CC5=O)c43)c2)CC1.CN1CCN(CCOc2ccc3c(ccc4occ(C5CCC(=O)CC5=O)c43)c2)CC1.N#Cc1ccc2c(ccc3occ(C4CCC(=O)CC4=O)c32)c1.O=C1CCC(c2coc3ccc4cc(OCCN5CCCC5)ccc4c23)C(=O)C1.O=C1CCC(c2coc3ccc4cc(OCCN5CCOCC5)ccc4c23)C(=O)C1. The molecule has 5 unspecified atom stereocenters. The van der Waals surface area contributed by atoms with Crippen LogP contribution in [0.15, 0.2) is 205 Å². The first kappa shape index (κ1) is 98.7. The summed E-state index contributed by atoms with van der Waals surface area (Å²) in [4.78, 5) is 135. The molecule has 9 aliphatic rings. The molecule has 9 heterocycles. The van der Waals surface area contributed by atoms with Gasteiger partial charge in [-0.2, -0.15) is 5.26 Å². The molecule has 5 atom stereocenters. The van der Waals surface area contributed by atoms with Crippen LogP contribution in [-0.2, 0) is 52.7 Å². The molecule has 5 aliphatic carbocycles. The van der Waals surface area contributed by atoms with Gasteiger partial charge < -0.3 is 60.5 Å². The molecule has 4 saturated heterocycles. The number of benzene rings is 10. The van der Waals surface area contributed by atoms with E-state index in [1.165, 1.54) is 25.9 Å². The van der Waals surface area contributed by atoms with Gasteiger partial charge in [0.1, 0.15) is 129 Å². The lowest BCUT2D eigenvalue weighted by atomic mass is 9.81. The molecular weight excluding hydrogens is 1840 g/mol. The molecule has 15 aromatic rings. The molecule has 0 radical (unpaired) electrons. The van der Waals surface area contributed by atoms with Gasteiger partial charge in [-0.05, 0) is 248 Å². The number of rotatable bonds is 22. The average Bonchev–Trinajstić information content (AvgIpc) is 1.66. The number of ether oxygens (including phenoxy) is 5. The highest BCUT2D eigenvalue weighted by Crippen LogP contribution is 2.46. The van der Waals surface area contributed by atoms with Gasteiger partial charge in [0.05, 0.1) is 94.9 Å². The van der Waals surface area contributed by atoms with Gasteiger partial charge in [0, 0.05) is 208 Å². The molecule has 5 saturated carbocycles. The van der Waals surface area contributed by atoms with E-state index < -0.39 is 0 Å². The van der Waals surface area contributed by atoms with Gasteiger partial charge >= 0.3 is 0 Å². The summed E-state index contributed by atoms with van der Waals surface area (Å²) in [7, 11) is 4.34. The lowest BCUT2D eigenvalue weighted by Crippen LogP contribution is -2.45. The predicted molar refractivity (Wildman–Crippen MR) is 554 cm³/mol. The first-order valence-electron chi connectivity index (χ1n) is 51.4. The zero-order chi connectivity index (χ0) is 99.7. The smallest absolute Gasteiger partial charge is 0.147 e. The number of ketones is 10. The molecule has 0 N–H and O–H groups in total. The van der Waals surface area contributed by atoms with E-state index in [2.05, 4.69) is 86.0 Å². The van der Waals surface area contributed by atoms with E-state index >= 15 is 0 Å². The van der Waals surface area contributed by atoms with Gasteiger partial charge in [0.15, 0.2) is 0 Å². The molecule has 27 heteroatoms. The van der Waals surface area contributed by atoms with E-state index in [0.29, 0.717) is 96.2 Å². The van der Waals surface area contributed by atoms with E-state index in [0.717, 1.165) is 271 Å². The second-order valence-corrected chi connectivity index (χ2v) is 40.1. The van der Waals surface area contributed by atoms with Crippen molar-refractivity contribution in [2.45, 2.75) is 145 Å². The highest BCUT2D eigenvalue weighted by molar-refractivity contribution is 6.17. The highest BCUT2D eigenvalue weighted by Gasteiger charge is 2.38. The van der Waals surface area contributed by atoms with Crippen molar-refractivity contribution in [3.05, 3.63) is 216 Å². The molecule has 27 nitrogen and oxygen atoms in total. The molecule has 10 aromatic carbocycles. The number of hydrogen-bond acceptors (Lipinski definition) is 27. The van der Waals surface area contributed by atoms with Crippen LogP contribution >= 0.6 is 0 Å². The molecule has 748 valence electrons. The first-order valence-corrected chi connectivity index (χ1v) is 51.4. The van der Waals surface area contributed by atoms with Crippen LogP contribution in [0.3, 0.4) is 0 Å². The Morgan fingerprint density at radius 1 is 0.297 bits per heavy atom. The summed E-state index contributed by atoms with van der Waals surface area (Å²) < 4.78 is 58.2. The van der Waals surface area contributed by atoms with Crippen LogP contribution in [0.1, 0.15) is 179 Å². The van der Waals surface area contributed by atoms with Gasteiger partial charge in [-0.15, -0.1) is 0 Å². The third-order valence-corrected chi connectivity index (χ3v) is 30.6. The number of Topliss-reactive ketones (excluding diaryl/α,β-unsaturated/α-hetero) is 10. The van der Waals surface area contributed by atoms with E-state index in [9.17, 15) is 47.9 Å². The lowest BCUT2D eigenvalue weighted by molar-refractivity contribution is -0.132. The molecule has 145 heavy (non-hydrogen) atoms. The molecule has 24 rings (SSSR count). The van der Waals surface area contributed by atoms with Gasteiger partial charge in [-0.3, -0.25) is 62.6 Å². The van der Waals surface area contributed by atoms with Crippen molar-refractivity contribution in [3.8, 4) is 29.1 Å². The number of hydrogen-bond donors (Lipinski definition) is 0. The third kappa shape index (κ3) is 22.6. The summed E-state index contributed by atoms with van der Waals surface area (Å²) >= 11 is 0. The second kappa shape index (κ2) is 44.9. The normalized spacial score (nSPS) is 20.6. The monoisotopic (exact) mass is 1960 g/mol. The number of morpholine rings is 1. The zero-order valence-corrected chi connectivity index (χ0v) is 82.3. The Labute approximate surface area is 839 Å². The number of likely N-dealkylation sites (N-methyl/N-ethyl adjacent to an activating group) is 2. The number of piperazine rings is 2. The number of nitrogens with zero attached hydrogens (tertiary/aromatic N) is 7. The Balaban J connectivity index is 0.000000111. The zero-order valence-electron chi connectivity index (χ0n) is 82.3. The first-order chi connectivity index (χ1) is 70.7. The van der Waals surface area contributed by atoms with Crippen molar-refractivity contribution < 1.29 is 93.7 Å². The van der Waals surface area contributed by atoms with Crippen LogP contribution < -0.4 is 18.9 Å². The minimum Gasteiger partial charge on any atom is -0.494 e. The number of nitriles is 1. The minimum atomic E-state index is -0.282. The summed E-state index contributed by atoms with van der Waals surface area (Å²) in [6.07, 6.45) is 17.2. The maximum Gasteiger partial charge on any atom is 0.147 e. The molecule has 0 spiro atoms. The Bertz CT molecular complexity index is 7490. The lowest BCUT2D eigenvalue weighted by Gasteiger charge is -2.32. The molecule has 4 aliphatic heterocycles. The number of likely N-dealkylation sites (tertiary alicyclic amines) is 1. The quantitative estimate of drug-likeness (QED) is 0.0449. The van der Waals surface area contributed by atoms with E-state index in [4.69, 9.17) is 51.0 Å². The summed E-state index contributed by atoms with van der Waals surface area (Å²) in [5.41, 5.74) is 8.89. The molecule has 0 bridgehead atoms. The van der Waals surface area contributed by atoms with Crippen molar-refractivity contribution in [1.29, 1.82) is 5.26 Å². The van der Waals surface area contributed by atoms with Crippen molar-refractivity contribution in [2.75, 3.05) is 158 Å². The van der Waals surface area contributed by atoms with Crippen LogP contribution in [0.25, 0.3) is 109 Å². The standard InChI is InChI=1S/C26H30N2O4.C25H28N2O4.C24H25NO5.C24H25NO4.C19H13NO3/c1-27-10-12-28(13-11-27)9-2-14-31-20-5-7-21-18(15-20)3-8-25-26(21)23(17-32-25)22-6-4-19(29)16-24(22)30;1-26-8-10-27(11-9-26)12-13-30-19-4-6-20-17(14-19)2-7-24-25(20)22(16-31-24)21-5-3-18(28)15-23(21)29;26-17-2-4-20(22(27)14-17)21-15-30-23-6-1-16-13-18(3-5-19(16)24(21)23)29-12-9-25-7-10-28-11-8-25;26-17-4-6-20(22(27)14-17)21-15-29-23-8-3-16-13-18(5-7-19(16)24(21)23)28-12-11-25-9-1-2-10-25;20-9-11-1-4-14-12(7-11)2-6-18-19(14)16(10-23-18)15-5-3-13(21)8-17(15)22/h3,5,7-8,15,17,22H,2,4,6,9-14,16H2,1H3;2,4,6-7,14,16,21H,3,5,8-13,15H2,1H3;1,3,5-6,13,15,20H,2,4,7-12,14H2;3,5,7-8,13,15,20H,1-2,4,6,9-12,14H2;1-2,4,6-7,10,15H,3,5,8H2. The maximum atomic E-state index is 12.5. The summed E-state index contributed by atoms with van der Waals surface area (Å²) in [5, 5.41) is 24.2. The van der Waals surface area contributed by atoms with E-state index in [1.54, 1.807) is 37.4 Å². The Morgan fingerprint density at radius 2 is 0.559 bits per heavy atom. The van der Waals surface area contributed by atoms with Crippen LogP contribution in [0.5, 0.6) is 23.0 Å². The average molecular weight is 1960 g/mol. The van der Waals surface area contributed by atoms with E-state index in [1.807, 2.05) is 109 Å². The summed E-state index contributed by atoms with van der Waals surface area (Å²) in [5.74, 6) is 2.22. The van der Waals surface area contributed by atoms with Crippen molar-refractivity contribution in [3.63, 3.8) is 0 Å². The van der Waals surface area contributed by atoms with Crippen LogP contribution in [0, 0.1) is 11.3 Å². The topological polar surface area (TPSA) is 326 Å². The largest absolute Gasteiger partial charge is 0.494 e. The van der Waals surface area contributed by atoms with E-state index in [-0.39, 0.29) is 120 Å². The molecular formula is C118H121N7O20. The number of carbonyl (C=O) groups is 10.